The summed E-state index contributed by atoms with van der Waals surface area (Å²) in [6.45, 7) is 7.30. The number of rotatable bonds is 4. The molecule has 0 aromatic carbocycles. The summed E-state index contributed by atoms with van der Waals surface area (Å²) < 4.78 is 0. The summed E-state index contributed by atoms with van der Waals surface area (Å²) in [7, 11) is 0. The molecule has 23 heavy (non-hydrogen) atoms. The minimum absolute atomic E-state index is 0.229. The molecule has 0 bridgehead atoms. The van der Waals surface area contributed by atoms with E-state index in [4.69, 9.17) is 0 Å². The number of pyridine rings is 1. The number of nitrogens with one attached hydrogen (secondary N) is 2. The number of nitro groups is 1. The van der Waals surface area contributed by atoms with E-state index < -0.39 is 22.1 Å². The van der Waals surface area contributed by atoms with Crippen LogP contribution in [0.2, 0.25) is 0 Å². The monoisotopic (exact) mass is 335 g/mol. The number of aromatic nitrogens is 1. The minimum Gasteiger partial charge on any atom is -0.345 e. The fourth-order valence-electron chi connectivity index (χ4n) is 2.47. The maximum absolute atomic E-state index is 12.4. The van der Waals surface area contributed by atoms with E-state index >= 15 is 0 Å². The summed E-state index contributed by atoms with van der Waals surface area (Å²) in [4.78, 5) is 38.9. The molecule has 2 aromatic heterocycles. The number of aryl methyl sites for hydroxylation is 3. The Bertz CT molecular complexity index is 838. The van der Waals surface area contributed by atoms with Crippen LogP contribution >= 0.6 is 11.3 Å². The van der Waals surface area contributed by atoms with Crippen molar-refractivity contribution >= 4 is 22.9 Å². The number of thiophene rings is 1. The van der Waals surface area contributed by atoms with Crippen LogP contribution in [0.15, 0.2) is 16.9 Å². The third kappa shape index (κ3) is 3.48. The van der Waals surface area contributed by atoms with E-state index in [1.165, 1.54) is 6.07 Å². The molecule has 0 aliphatic carbocycles. The summed E-state index contributed by atoms with van der Waals surface area (Å²) in [5.41, 5.74) is -0.493. The molecule has 1 unspecified atom stereocenters. The lowest BCUT2D eigenvalue weighted by Gasteiger charge is -2.14. The lowest BCUT2D eigenvalue weighted by Crippen LogP contribution is -2.29. The topological polar surface area (TPSA) is 105 Å². The molecule has 2 heterocycles. The maximum Gasteiger partial charge on any atom is 0.346 e. The maximum atomic E-state index is 12.4. The average Bonchev–Trinajstić information content (AvgIpc) is 2.76. The zero-order chi connectivity index (χ0) is 17.3. The normalized spacial score (nSPS) is 12.0. The Morgan fingerprint density at radius 2 is 2.00 bits per heavy atom. The number of aromatic amines is 1. The second-order valence-electron chi connectivity index (χ2n) is 5.36. The van der Waals surface area contributed by atoms with Crippen LogP contribution in [-0.4, -0.2) is 15.8 Å². The SMILES string of the molecule is Cc1cc(C(=O)NC(C)c2cc(C)sc2C)c([N+](=O)[O-])c(=O)[nH]1. The largest absolute Gasteiger partial charge is 0.346 e. The van der Waals surface area contributed by atoms with Gasteiger partial charge in [-0.15, -0.1) is 11.3 Å². The first-order valence-corrected chi connectivity index (χ1v) is 7.78. The fraction of sp³-hybridized carbons (Fsp3) is 0.333. The highest BCUT2D eigenvalue weighted by Crippen LogP contribution is 2.26. The van der Waals surface area contributed by atoms with E-state index in [-0.39, 0.29) is 11.6 Å². The van der Waals surface area contributed by atoms with E-state index in [2.05, 4.69) is 10.3 Å². The molecule has 2 N–H and O–H groups in total. The van der Waals surface area contributed by atoms with Gasteiger partial charge < -0.3 is 10.3 Å². The molecule has 0 aliphatic rings. The van der Waals surface area contributed by atoms with Crippen LogP contribution in [0.1, 0.15) is 44.3 Å². The van der Waals surface area contributed by atoms with Gasteiger partial charge in [0.05, 0.1) is 11.0 Å². The van der Waals surface area contributed by atoms with Gasteiger partial charge in [-0.3, -0.25) is 19.7 Å². The van der Waals surface area contributed by atoms with Crippen molar-refractivity contribution in [3.05, 3.63) is 59.2 Å². The van der Waals surface area contributed by atoms with Gasteiger partial charge in [0.1, 0.15) is 5.56 Å². The van der Waals surface area contributed by atoms with Crippen LogP contribution in [0.3, 0.4) is 0 Å². The van der Waals surface area contributed by atoms with Crippen molar-refractivity contribution in [2.75, 3.05) is 0 Å². The van der Waals surface area contributed by atoms with E-state index in [1.54, 1.807) is 25.2 Å². The highest BCUT2D eigenvalue weighted by molar-refractivity contribution is 7.12. The van der Waals surface area contributed by atoms with Crippen molar-refractivity contribution < 1.29 is 9.72 Å². The first-order chi connectivity index (χ1) is 10.7. The zero-order valence-electron chi connectivity index (χ0n) is 13.2. The van der Waals surface area contributed by atoms with Crippen molar-refractivity contribution in [2.45, 2.75) is 33.7 Å². The Morgan fingerprint density at radius 3 is 2.52 bits per heavy atom. The Labute approximate surface area is 136 Å². The van der Waals surface area contributed by atoms with Crippen LogP contribution in [0.4, 0.5) is 5.69 Å². The molecule has 7 nitrogen and oxygen atoms in total. The number of carbonyl (C=O) groups excluding carboxylic acids is 1. The predicted molar refractivity (Wildman–Crippen MR) is 88.1 cm³/mol. The van der Waals surface area contributed by atoms with Crippen molar-refractivity contribution in [3.8, 4) is 0 Å². The number of H-pyrrole nitrogens is 1. The van der Waals surface area contributed by atoms with E-state index in [9.17, 15) is 19.7 Å². The number of hydrogen-bond acceptors (Lipinski definition) is 5. The smallest absolute Gasteiger partial charge is 0.345 e. The Morgan fingerprint density at radius 1 is 1.35 bits per heavy atom. The first-order valence-electron chi connectivity index (χ1n) is 6.96. The van der Waals surface area contributed by atoms with Crippen LogP contribution < -0.4 is 10.9 Å². The Balaban J connectivity index is 2.36. The third-order valence-corrected chi connectivity index (χ3v) is 4.44. The summed E-state index contributed by atoms with van der Waals surface area (Å²) >= 11 is 1.62. The van der Waals surface area contributed by atoms with Gasteiger partial charge >= 0.3 is 11.2 Å². The fourth-order valence-corrected chi connectivity index (χ4v) is 3.49. The molecule has 0 spiro atoms. The summed E-state index contributed by atoms with van der Waals surface area (Å²) in [5, 5.41) is 13.8. The molecule has 0 radical (unpaired) electrons. The highest BCUT2D eigenvalue weighted by atomic mass is 32.1. The van der Waals surface area contributed by atoms with Crippen molar-refractivity contribution in [1.29, 1.82) is 0 Å². The number of carbonyl (C=O) groups is 1. The number of amides is 1. The summed E-state index contributed by atoms with van der Waals surface area (Å²) in [6.07, 6.45) is 0. The predicted octanol–water partition coefficient (Wildman–Crippen LogP) is 2.76. The molecule has 2 rings (SSSR count). The second kappa shape index (κ2) is 6.33. The van der Waals surface area contributed by atoms with Gasteiger partial charge in [0.15, 0.2) is 0 Å². The molecule has 0 saturated carbocycles. The van der Waals surface area contributed by atoms with Gasteiger partial charge in [-0.2, -0.15) is 0 Å². The number of hydrogen-bond donors (Lipinski definition) is 2. The van der Waals surface area contributed by atoms with Crippen molar-refractivity contribution in [2.24, 2.45) is 0 Å². The van der Waals surface area contributed by atoms with Gasteiger partial charge in [-0.25, -0.2) is 0 Å². The van der Waals surface area contributed by atoms with Gasteiger partial charge in [0.2, 0.25) is 0 Å². The summed E-state index contributed by atoms with van der Waals surface area (Å²) in [5.74, 6) is -0.637. The Kier molecular flexibility index (Phi) is 4.65. The van der Waals surface area contributed by atoms with Crippen LogP contribution in [0, 0.1) is 30.9 Å². The third-order valence-electron chi connectivity index (χ3n) is 3.46. The molecule has 8 heteroatoms. The molecule has 0 saturated heterocycles. The van der Waals surface area contributed by atoms with Crippen LogP contribution in [0.25, 0.3) is 0 Å². The average molecular weight is 335 g/mol. The molecule has 1 atom stereocenters. The Hall–Kier alpha value is -2.48. The van der Waals surface area contributed by atoms with Gasteiger partial charge in [-0.1, -0.05) is 0 Å². The van der Waals surface area contributed by atoms with E-state index in [0.717, 1.165) is 15.3 Å². The molecule has 0 fully saturated rings. The molecule has 122 valence electrons. The standard InChI is InChI=1S/C15H17N3O4S/c1-7-5-12(13(18(21)22)15(20)16-7)14(19)17-9(3)11-6-8(2)23-10(11)4/h5-6,9H,1-4H3,(H,16,20)(H,17,19). The van der Waals surface area contributed by atoms with Crippen molar-refractivity contribution in [3.63, 3.8) is 0 Å². The second-order valence-corrected chi connectivity index (χ2v) is 6.83. The summed E-state index contributed by atoms with van der Waals surface area (Å²) in [6, 6.07) is 2.97. The zero-order valence-corrected chi connectivity index (χ0v) is 14.0. The lowest BCUT2D eigenvalue weighted by molar-refractivity contribution is -0.386. The van der Waals surface area contributed by atoms with Gasteiger partial charge in [0, 0.05) is 15.4 Å². The van der Waals surface area contributed by atoms with E-state index in [0.29, 0.717) is 5.69 Å². The van der Waals surface area contributed by atoms with Crippen molar-refractivity contribution in [1.82, 2.24) is 10.3 Å². The first kappa shape index (κ1) is 16.9. The molecule has 1 amide bonds. The van der Waals surface area contributed by atoms with Gasteiger partial charge in [-0.05, 0) is 45.4 Å². The lowest BCUT2D eigenvalue weighted by atomic mass is 10.1. The molecular weight excluding hydrogens is 318 g/mol. The van der Waals surface area contributed by atoms with Gasteiger partial charge in [0.25, 0.3) is 5.91 Å². The molecule has 0 aliphatic heterocycles. The quantitative estimate of drug-likeness (QED) is 0.662. The van der Waals surface area contributed by atoms with Crippen LogP contribution in [0.5, 0.6) is 0 Å². The highest BCUT2D eigenvalue weighted by Gasteiger charge is 2.26. The number of nitrogens with zero attached hydrogens (tertiary/aromatic N) is 1. The minimum atomic E-state index is -0.879. The van der Waals surface area contributed by atoms with Crippen LogP contribution in [-0.2, 0) is 0 Å². The van der Waals surface area contributed by atoms with E-state index in [1.807, 2.05) is 19.9 Å². The molecular formula is C15H17N3O4S. The molecule has 2 aromatic rings.